The Bertz CT molecular complexity index is 3160. The molecule has 2 bridgehead atoms. The minimum Gasteiger partial charge on any atom is -0.462 e. The van der Waals surface area contributed by atoms with Crippen LogP contribution in [0.25, 0.3) is 32.9 Å². The lowest BCUT2D eigenvalue weighted by atomic mass is 9.69. The van der Waals surface area contributed by atoms with Gasteiger partial charge in [0.05, 0.1) is 16.5 Å². The highest BCUT2D eigenvalue weighted by Gasteiger charge is 2.46. The first-order valence-electron chi connectivity index (χ1n) is 27.8. The van der Waals surface area contributed by atoms with E-state index in [1.165, 1.54) is 12.8 Å². The molecule has 2 N–H and O–H groups in total. The van der Waals surface area contributed by atoms with Crippen LogP contribution in [0.2, 0.25) is 0 Å². The summed E-state index contributed by atoms with van der Waals surface area (Å²) in [5, 5.41) is 8.49. The van der Waals surface area contributed by atoms with Gasteiger partial charge >= 0.3 is 6.01 Å². The number of benzene rings is 3. The third-order valence-electron chi connectivity index (χ3n) is 18.6. The summed E-state index contributed by atoms with van der Waals surface area (Å²) in [6, 6.07) is 17.4. The summed E-state index contributed by atoms with van der Waals surface area (Å²) in [6.45, 7) is 9.88. The fraction of sp³-hybridized carbons (Fsp3) is 0.508. The highest BCUT2D eigenvalue weighted by atomic mass is 19.1. The first-order valence-corrected chi connectivity index (χ1v) is 27.8. The van der Waals surface area contributed by atoms with Gasteiger partial charge in [0.2, 0.25) is 11.8 Å². The predicted molar refractivity (Wildman–Crippen MR) is 288 cm³/mol. The van der Waals surface area contributed by atoms with Crippen LogP contribution in [0, 0.1) is 35.9 Å². The average Bonchev–Trinajstić information content (AvgIpc) is 3.97. The number of imide groups is 2. The van der Waals surface area contributed by atoms with Crippen molar-refractivity contribution in [2.75, 3.05) is 88.9 Å². The number of likely N-dealkylation sites (tertiary alicyclic amines) is 1. The summed E-state index contributed by atoms with van der Waals surface area (Å²) in [6.07, 6.45) is 17.0. The number of rotatable bonds is 11. The van der Waals surface area contributed by atoms with E-state index in [2.05, 4.69) is 48.1 Å². The Balaban J connectivity index is 0.630. The van der Waals surface area contributed by atoms with Crippen LogP contribution in [0.3, 0.4) is 0 Å². The van der Waals surface area contributed by atoms with E-state index in [1.54, 1.807) is 18.3 Å². The number of fused-ring (bicyclic) bond motifs is 6. The van der Waals surface area contributed by atoms with E-state index in [-0.39, 0.29) is 42.0 Å². The molecule has 1 saturated carbocycles. The van der Waals surface area contributed by atoms with Gasteiger partial charge in [-0.3, -0.25) is 44.2 Å². The molecule has 7 atom stereocenters. The Morgan fingerprint density at radius 2 is 1.47 bits per heavy atom. The minimum absolute atomic E-state index is 0.0943. The summed E-state index contributed by atoms with van der Waals surface area (Å²) in [4.78, 5) is 79.1. The lowest BCUT2D eigenvalue weighted by molar-refractivity contribution is -0.136. The van der Waals surface area contributed by atoms with Crippen molar-refractivity contribution in [2.24, 2.45) is 17.8 Å². The zero-order valence-corrected chi connectivity index (χ0v) is 43.3. The Morgan fingerprint density at radius 3 is 2.20 bits per heavy atom. The van der Waals surface area contributed by atoms with Crippen molar-refractivity contribution >= 4 is 56.8 Å². The predicted octanol–water partition coefficient (Wildman–Crippen LogP) is 5.71. The van der Waals surface area contributed by atoms with E-state index in [9.17, 15) is 19.2 Å². The van der Waals surface area contributed by atoms with E-state index in [0.717, 1.165) is 137 Å². The van der Waals surface area contributed by atoms with E-state index < -0.39 is 29.6 Å². The van der Waals surface area contributed by atoms with Crippen LogP contribution < -0.4 is 25.2 Å². The summed E-state index contributed by atoms with van der Waals surface area (Å²) in [7, 11) is 2.21. The SMILES string of the molecule is C#Cc1cccc2cccc(-c3ncc4c(N5CC6CC7CCC7CC(C5)N6)nc(OC[C@@H]5CC[C@H](CN6CCN(CC7CCN(c8ccc9c(c8)C(=O)N(C8CCC(=O)NC8=O)C9=O)CC7)CC6)N5C)nc4c3F)c12. The number of piperazine rings is 2. The van der Waals surface area contributed by atoms with Gasteiger partial charge in [-0.2, -0.15) is 9.97 Å². The molecule has 8 aliphatic rings. The molecule has 4 amide bonds. The summed E-state index contributed by atoms with van der Waals surface area (Å²) in [5.74, 6) is 3.17. The molecule has 5 unspecified atom stereocenters. The number of hydrogen-bond donors (Lipinski definition) is 2. The van der Waals surface area contributed by atoms with E-state index in [4.69, 9.17) is 26.1 Å². The van der Waals surface area contributed by atoms with Gasteiger partial charge in [-0.05, 0) is 112 Å². The van der Waals surface area contributed by atoms with Crippen molar-refractivity contribution in [3.05, 3.63) is 83.3 Å². The molecule has 13 rings (SSSR count). The monoisotopic (exact) mass is 1030 g/mol. The first-order chi connectivity index (χ1) is 37.0. The molecule has 5 aromatic rings. The number of carbonyl (C=O) groups excluding carboxylic acids is 4. The molecular weight excluding hydrogens is 962 g/mol. The van der Waals surface area contributed by atoms with Crippen molar-refractivity contribution in [1.82, 2.24) is 45.2 Å². The summed E-state index contributed by atoms with van der Waals surface area (Å²) < 4.78 is 23.9. The molecule has 0 spiro atoms. The Morgan fingerprint density at radius 1 is 0.763 bits per heavy atom. The maximum atomic E-state index is 17.3. The second-order valence-electron chi connectivity index (χ2n) is 23.0. The fourth-order valence-electron chi connectivity index (χ4n) is 14.2. The van der Waals surface area contributed by atoms with Crippen molar-refractivity contribution in [3.8, 4) is 29.6 Å². The van der Waals surface area contributed by atoms with Gasteiger partial charge in [0.25, 0.3) is 11.8 Å². The lowest BCUT2D eigenvalue weighted by Gasteiger charge is -2.40. The van der Waals surface area contributed by atoms with Gasteiger partial charge in [0.1, 0.15) is 29.7 Å². The fourth-order valence-corrected chi connectivity index (χ4v) is 14.2. The second kappa shape index (κ2) is 20.1. The summed E-state index contributed by atoms with van der Waals surface area (Å²) >= 11 is 0. The van der Waals surface area contributed by atoms with Crippen LogP contribution >= 0.6 is 0 Å². The molecule has 17 heteroatoms. The molecule has 1 aliphatic carbocycles. The van der Waals surface area contributed by atoms with Gasteiger partial charge in [-0.1, -0.05) is 36.3 Å². The number of likely N-dealkylation sites (N-methyl/N-ethyl adjacent to an activating group) is 1. The number of nitrogens with zero attached hydrogens (tertiary/aromatic N) is 9. The highest BCUT2D eigenvalue weighted by molar-refractivity contribution is 6.23. The smallest absolute Gasteiger partial charge is 0.319 e. The molecule has 76 heavy (non-hydrogen) atoms. The van der Waals surface area contributed by atoms with Gasteiger partial charge in [-0.25, -0.2) is 4.39 Å². The molecule has 2 aromatic heterocycles. The van der Waals surface area contributed by atoms with Gasteiger partial charge in [-0.15, -0.1) is 6.42 Å². The van der Waals surface area contributed by atoms with E-state index in [1.807, 2.05) is 42.5 Å². The Labute approximate surface area is 442 Å². The Kier molecular flexibility index (Phi) is 13.0. The molecule has 7 aliphatic heterocycles. The topological polar surface area (TPSA) is 160 Å². The first kappa shape index (κ1) is 49.0. The number of amides is 4. The van der Waals surface area contributed by atoms with Crippen molar-refractivity contribution in [3.63, 3.8) is 0 Å². The third kappa shape index (κ3) is 9.04. The lowest BCUT2D eigenvalue weighted by Crippen LogP contribution is -2.56. The van der Waals surface area contributed by atoms with E-state index >= 15 is 4.39 Å². The highest BCUT2D eigenvalue weighted by Crippen LogP contribution is 2.45. The standard InChI is InChI=1S/C59H66FN11O5/c1-3-36-6-4-7-37-8-5-9-46(51(36)37)53-52(60)54-48(29-61-53)55(70-31-40-26-38-10-11-39(38)27-41(32-70)62-40)65-59(64-54)76-34-44-13-12-43(66(44)2)33-68-24-22-67(23-25-68)30-35-18-20-69(21-19-35)42-14-15-45-47(28-42)58(75)71(57(45)74)49-16-17-50(72)63-56(49)73/h1,4-9,14-15,28-29,35,38-41,43-44,49,62H,10-13,16-27,30-34H2,2H3,(H,63,72,73)/t38?,39?,40?,41?,43-,44+,49?/m1/s1. The molecule has 3 aromatic carbocycles. The molecular formula is C59H66FN11O5. The van der Waals surface area contributed by atoms with E-state index in [0.29, 0.717) is 64.1 Å². The molecule has 9 heterocycles. The molecule has 16 nitrogen and oxygen atoms in total. The normalized spacial score (nSPS) is 27.6. The number of pyridine rings is 1. The maximum absolute atomic E-state index is 17.3. The zero-order chi connectivity index (χ0) is 51.8. The molecule has 0 radical (unpaired) electrons. The second-order valence-corrected chi connectivity index (χ2v) is 23.0. The largest absolute Gasteiger partial charge is 0.462 e. The summed E-state index contributed by atoms with van der Waals surface area (Å²) in [5.41, 5.74) is 3.27. The number of anilines is 2. The number of piperidine rings is 2. The molecule has 394 valence electrons. The maximum Gasteiger partial charge on any atom is 0.319 e. The van der Waals surface area contributed by atoms with Crippen LogP contribution in [0.5, 0.6) is 6.01 Å². The van der Waals surface area contributed by atoms with Gasteiger partial charge in [0.15, 0.2) is 5.82 Å². The molecule has 6 saturated heterocycles. The number of nitrogens with one attached hydrogen (secondary N) is 2. The number of hydrogen-bond acceptors (Lipinski definition) is 14. The number of aromatic nitrogens is 3. The quantitative estimate of drug-likeness (QED) is 0.122. The Hall–Kier alpha value is -6.58. The van der Waals surface area contributed by atoms with Crippen LogP contribution in [-0.4, -0.2) is 167 Å². The van der Waals surface area contributed by atoms with Gasteiger partial charge < -0.3 is 24.8 Å². The number of halogens is 1. The minimum atomic E-state index is -0.972. The van der Waals surface area contributed by atoms with Crippen LogP contribution in [0.15, 0.2) is 60.8 Å². The van der Waals surface area contributed by atoms with Crippen molar-refractivity contribution in [1.29, 1.82) is 0 Å². The number of carbonyl (C=O) groups is 4. The van der Waals surface area contributed by atoms with Crippen LogP contribution in [0.4, 0.5) is 15.9 Å². The zero-order valence-electron chi connectivity index (χ0n) is 43.3. The van der Waals surface area contributed by atoms with Gasteiger partial charge in [0, 0.05) is 124 Å². The third-order valence-corrected chi connectivity index (χ3v) is 18.6. The van der Waals surface area contributed by atoms with Crippen molar-refractivity contribution < 1.29 is 28.3 Å². The number of terminal acetylenes is 1. The number of ether oxygens (including phenoxy) is 1. The van der Waals surface area contributed by atoms with Crippen LogP contribution in [-0.2, 0) is 9.59 Å². The molecule has 7 fully saturated rings. The van der Waals surface area contributed by atoms with Crippen molar-refractivity contribution in [2.45, 2.75) is 94.4 Å². The average molecular weight is 1030 g/mol. The van der Waals surface area contributed by atoms with Crippen LogP contribution in [0.1, 0.15) is 90.5 Å².